The summed E-state index contributed by atoms with van der Waals surface area (Å²) in [5.74, 6) is -1.28. The molecule has 3 nitrogen and oxygen atoms in total. The molecule has 1 aromatic carbocycles. The van der Waals surface area contributed by atoms with Gasteiger partial charge in [0.05, 0.1) is 0 Å². The van der Waals surface area contributed by atoms with Gasteiger partial charge in [-0.2, -0.15) is 0 Å². The van der Waals surface area contributed by atoms with E-state index in [1.807, 2.05) is 6.07 Å². The van der Waals surface area contributed by atoms with Crippen molar-refractivity contribution >= 4 is 21.9 Å². The molecule has 2 N–H and O–H groups in total. The second-order valence-electron chi connectivity index (χ2n) is 3.50. The van der Waals surface area contributed by atoms with Crippen LogP contribution in [0.15, 0.2) is 16.6 Å². The monoisotopic (exact) mass is 273 g/mol. The molecular weight excluding hydrogens is 265 g/mol. The van der Waals surface area contributed by atoms with Crippen LogP contribution in [0, 0.1) is 5.82 Å². The lowest BCUT2D eigenvalue weighted by atomic mass is 9.95. The van der Waals surface area contributed by atoms with E-state index >= 15 is 0 Å². The maximum Gasteiger partial charge on any atom is 0.321 e. The molecule has 80 valence electrons. The fraction of sp³-hybridized carbons (Fsp3) is 0.300. The maximum atomic E-state index is 13.5. The topological polar surface area (TPSA) is 49.3 Å². The first-order chi connectivity index (χ1) is 7.08. The number of nitrogens with one attached hydrogen (secondary N) is 1. The van der Waals surface area contributed by atoms with Crippen molar-refractivity contribution in [2.24, 2.45) is 0 Å². The minimum Gasteiger partial charge on any atom is -0.480 e. The van der Waals surface area contributed by atoms with Gasteiger partial charge in [-0.05, 0) is 23.3 Å². The van der Waals surface area contributed by atoms with E-state index in [9.17, 15) is 9.18 Å². The predicted octanol–water partition coefficient (Wildman–Crippen LogP) is 1.69. The summed E-state index contributed by atoms with van der Waals surface area (Å²) in [6.07, 6.45) is 0.198. The first-order valence-electron chi connectivity index (χ1n) is 4.51. The van der Waals surface area contributed by atoms with Gasteiger partial charge in [-0.15, -0.1) is 0 Å². The summed E-state index contributed by atoms with van der Waals surface area (Å²) in [6.45, 7) is 0.392. The zero-order valence-corrected chi connectivity index (χ0v) is 9.34. The lowest BCUT2D eigenvalue weighted by Gasteiger charge is -2.23. The van der Waals surface area contributed by atoms with Crippen LogP contribution >= 0.6 is 15.9 Å². The first-order valence-corrected chi connectivity index (χ1v) is 5.30. The lowest BCUT2D eigenvalue weighted by molar-refractivity contribution is -0.139. The first kappa shape index (κ1) is 10.6. The molecule has 5 heteroatoms. The molecule has 2 rings (SSSR count). The smallest absolute Gasteiger partial charge is 0.321 e. The Morgan fingerprint density at radius 3 is 3.00 bits per heavy atom. The Kier molecular flexibility index (Phi) is 2.75. The molecule has 15 heavy (non-hydrogen) atoms. The molecule has 1 unspecified atom stereocenters. The van der Waals surface area contributed by atoms with Crippen molar-refractivity contribution in [3.05, 3.63) is 33.5 Å². The van der Waals surface area contributed by atoms with Crippen molar-refractivity contribution in [1.82, 2.24) is 5.32 Å². The molecule has 0 aromatic heterocycles. The average Bonchev–Trinajstić information content (AvgIpc) is 2.16. The van der Waals surface area contributed by atoms with E-state index in [-0.39, 0.29) is 12.2 Å². The minimum absolute atomic E-state index is 0.198. The molecule has 1 aliphatic heterocycles. The highest BCUT2D eigenvalue weighted by Crippen LogP contribution is 2.24. The predicted molar refractivity (Wildman–Crippen MR) is 56.1 cm³/mol. The summed E-state index contributed by atoms with van der Waals surface area (Å²) in [4.78, 5) is 10.7. The maximum absolute atomic E-state index is 13.5. The second-order valence-corrected chi connectivity index (χ2v) is 4.42. The molecule has 1 atom stereocenters. The molecule has 0 saturated heterocycles. The van der Waals surface area contributed by atoms with Crippen LogP contribution in [-0.2, 0) is 17.8 Å². The van der Waals surface area contributed by atoms with Crippen LogP contribution in [0.1, 0.15) is 11.1 Å². The SMILES string of the molecule is O=C(O)C1Cc2c(F)cc(Br)cc2CN1. The van der Waals surface area contributed by atoms with Gasteiger partial charge < -0.3 is 10.4 Å². The second kappa shape index (κ2) is 3.90. The van der Waals surface area contributed by atoms with Crippen LogP contribution in [-0.4, -0.2) is 17.1 Å². The van der Waals surface area contributed by atoms with Crippen molar-refractivity contribution in [2.45, 2.75) is 19.0 Å². The summed E-state index contributed by atoms with van der Waals surface area (Å²) < 4.78 is 14.2. The molecule has 1 aromatic rings. The fourth-order valence-corrected chi connectivity index (χ4v) is 2.20. The highest BCUT2D eigenvalue weighted by molar-refractivity contribution is 9.10. The van der Waals surface area contributed by atoms with Gasteiger partial charge in [-0.1, -0.05) is 15.9 Å². The normalized spacial score (nSPS) is 19.7. The lowest BCUT2D eigenvalue weighted by Crippen LogP contribution is -2.42. The average molecular weight is 274 g/mol. The molecule has 1 heterocycles. The van der Waals surface area contributed by atoms with E-state index in [1.54, 1.807) is 0 Å². The summed E-state index contributed by atoms with van der Waals surface area (Å²) >= 11 is 3.20. The quantitative estimate of drug-likeness (QED) is 0.819. The van der Waals surface area contributed by atoms with Crippen molar-refractivity contribution in [1.29, 1.82) is 0 Å². The van der Waals surface area contributed by atoms with Gasteiger partial charge in [0.15, 0.2) is 0 Å². The van der Waals surface area contributed by atoms with E-state index in [0.717, 1.165) is 5.56 Å². The molecule has 0 radical (unpaired) electrons. The van der Waals surface area contributed by atoms with Crippen LogP contribution in [0.25, 0.3) is 0 Å². The van der Waals surface area contributed by atoms with E-state index in [1.165, 1.54) is 6.07 Å². The third-order valence-electron chi connectivity index (χ3n) is 2.50. The molecule has 0 fully saturated rings. The minimum atomic E-state index is -0.942. The highest BCUT2D eigenvalue weighted by Gasteiger charge is 2.25. The summed E-state index contributed by atoms with van der Waals surface area (Å²) in [6, 6.07) is 2.49. The number of hydrogen-bond acceptors (Lipinski definition) is 2. The summed E-state index contributed by atoms with van der Waals surface area (Å²) in [5, 5.41) is 11.7. The van der Waals surface area contributed by atoms with E-state index in [4.69, 9.17) is 5.11 Å². The Balaban J connectivity index is 2.37. The molecule has 0 amide bonds. The van der Waals surface area contributed by atoms with Gasteiger partial charge in [0.1, 0.15) is 11.9 Å². The standard InChI is InChI=1S/C10H9BrFNO2/c11-6-1-5-4-13-9(10(14)15)3-7(5)8(12)2-6/h1-2,9,13H,3-4H2,(H,14,15). The summed E-state index contributed by atoms with van der Waals surface area (Å²) in [7, 11) is 0. The van der Waals surface area contributed by atoms with Gasteiger partial charge in [0, 0.05) is 17.4 Å². The number of rotatable bonds is 1. The number of carboxylic acids is 1. The number of fused-ring (bicyclic) bond motifs is 1. The van der Waals surface area contributed by atoms with Gasteiger partial charge in [-0.3, -0.25) is 4.79 Å². The van der Waals surface area contributed by atoms with Crippen LogP contribution in [0.4, 0.5) is 4.39 Å². The van der Waals surface area contributed by atoms with Crippen LogP contribution in [0.2, 0.25) is 0 Å². The number of hydrogen-bond donors (Lipinski definition) is 2. The van der Waals surface area contributed by atoms with Gasteiger partial charge in [0.25, 0.3) is 0 Å². The van der Waals surface area contributed by atoms with E-state index in [2.05, 4.69) is 21.2 Å². The highest BCUT2D eigenvalue weighted by atomic mass is 79.9. The molecule has 0 aliphatic carbocycles. The van der Waals surface area contributed by atoms with Gasteiger partial charge >= 0.3 is 5.97 Å². The Morgan fingerprint density at radius 2 is 2.33 bits per heavy atom. The Hall–Kier alpha value is -0.940. The molecule has 0 saturated carbocycles. The number of aliphatic carboxylic acids is 1. The molecule has 0 bridgehead atoms. The zero-order chi connectivity index (χ0) is 11.0. The van der Waals surface area contributed by atoms with Crippen LogP contribution < -0.4 is 5.32 Å². The van der Waals surface area contributed by atoms with E-state index in [0.29, 0.717) is 16.6 Å². The third kappa shape index (κ3) is 2.03. The number of carboxylic acid groups (broad SMARTS) is 1. The van der Waals surface area contributed by atoms with Gasteiger partial charge in [-0.25, -0.2) is 4.39 Å². The Bertz CT molecular complexity index is 422. The fourth-order valence-electron chi connectivity index (χ4n) is 1.73. The van der Waals surface area contributed by atoms with Crippen molar-refractivity contribution in [3.63, 3.8) is 0 Å². The third-order valence-corrected chi connectivity index (χ3v) is 2.96. The largest absolute Gasteiger partial charge is 0.480 e. The Labute approximate surface area is 94.4 Å². The molecule has 1 aliphatic rings. The van der Waals surface area contributed by atoms with Gasteiger partial charge in [0.2, 0.25) is 0 Å². The van der Waals surface area contributed by atoms with Crippen molar-refractivity contribution in [2.75, 3.05) is 0 Å². The summed E-state index contributed by atoms with van der Waals surface area (Å²) in [5.41, 5.74) is 1.32. The van der Waals surface area contributed by atoms with E-state index < -0.39 is 12.0 Å². The number of benzene rings is 1. The van der Waals surface area contributed by atoms with Crippen LogP contribution in [0.5, 0.6) is 0 Å². The molecular formula is C10H9BrFNO2. The number of carbonyl (C=O) groups is 1. The molecule has 0 spiro atoms. The van der Waals surface area contributed by atoms with Crippen molar-refractivity contribution < 1.29 is 14.3 Å². The van der Waals surface area contributed by atoms with Crippen molar-refractivity contribution in [3.8, 4) is 0 Å². The zero-order valence-electron chi connectivity index (χ0n) is 7.76. The van der Waals surface area contributed by atoms with Crippen LogP contribution in [0.3, 0.4) is 0 Å². The Morgan fingerprint density at radius 1 is 1.60 bits per heavy atom. The number of halogens is 2.